The lowest BCUT2D eigenvalue weighted by atomic mass is 10.2. The standard InChI is InChI=1S/C19H30N6O.HI/c1-5-15(3)23-19(20-11-12-25-14-22-24-18(25)6-2)21-13-16-9-7-8-10-17(16)26-4;/h7-10,14-15H,5-6,11-13H2,1-4H3,(H2,20,21,23);1H. The second-order valence-electron chi connectivity index (χ2n) is 6.15. The summed E-state index contributed by atoms with van der Waals surface area (Å²) >= 11 is 0. The van der Waals surface area contributed by atoms with Crippen molar-refractivity contribution in [3.8, 4) is 5.75 Å². The van der Waals surface area contributed by atoms with Crippen molar-refractivity contribution < 1.29 is 4.74 Å². The summed E-state index contributed by atoms with van der Waals surface area (Å²) in [7, 11) is 1.68. The summed E-state index contributed by atoms with van der Waals surface area (Å²) in [5.41, 5.74) is 1.06. The monoisotopic (exact) mass is 486 g/mol. The van der Waals surface area contributed by atoms with Crippen molar-refractivity contribution in [1.29, 1.82) is 0 Å². The average Bonchev–Trinajstić information content (AvgIpc) is 3.13. The number of halogens is 1. The molecule has 0 fully saturated rings. The minimum absolute atomic E-state index is 0. The highest BCUT2D eigenvalue weighted by molar-refractivity contribution is 14.0. The first kappa shape index (κ1) is 23.2. The molecule has 0 saturated carbocycles. The number of nitrogens with zero attached hydrogens (tertiary/aromatic N) is 4. The fourth-order valence-electron chi connectivity index (χ4n) is 2.52. The zero-order chi connectivity index (χ0) is 18.8. The quantitative estimate of drug-likeness (QED) is 0.324. The Balaban J connectivity index is 0.00000364. The normalized spacial score (nSPS) is 12.2. The van der Waals surface area contributed by atoms with E-state index in [4.69, 9.17) is 9.73 Å². The summed E-state index contributed by atoms with van der Waals surface area (Å²) in [4.78, 5) is 4.73. The Morgan fingerprint density at radius 1 is 1.30 bits per heavy atom. The number of guanidine groups is 1. The number of aromatic nitrogens is 3. The van der Waals surface area contributed by atoms with Crippen LogP contribution in [0.4, 0.5) is 0 Å². The van der Waals surface area contributed by atoms with Gasteiger partial charge in [0.15, 0.2) is 5.96 Å². The van der Waals surface area contributed by atoms with Crippen LogP contribution >= 0.6 is 24.0 Å². The van der Waals surface area contributed by atoms with Crippen molar-refractivity contribution >= 4 is 29.9 Å². The van der Waals surface area contributed by atoms with E-state index in [0.717, 1.165) is 49.0 Å². The van der Waals surface area contributed by atoms with Crippen molar-refractivity contribution in [2.24, 2.45) is 4.99 Å². The van der Waals surface area contributed by atoms with E-state index in [-0.39, 0.29) is 24.0 Å². The third kappa shape index (κ3) is 7.36. The van der Waals surface area contributed by atoms with E-state index in [1.807, 2.05) is 24.3 Å². The van der Waals surface area contributed by atoms with Gasteiger partial charge in [0.05, 0.1) is 13.7 Å². The van der Waals surface area contributed by atoms with E-state index in [9.17, 15) is 0 Å². The van der Waals surface area contributed by atoms with Gasteiger partial charge in [-0.15, -0.1) is 34.2 Å². The van der Waals surface area contributed by atoms with Gasteiger partial charge < -0.3 is 19.9 Å². The summed E-state index contributed by atoms with van der Waals surface area (Å²) in [6.07, 6.45) is 3.68. The molecule has 2 aromatic rings. The third-order valence-corrected chi connectivity index (χ3v) is 4.25. The molecule has 150 valence electrons. The minimum atomic E-state index is 0. The molecular weight excluding hydrogens is 455 g/mol. The van der Waals surface area contributed by atoms with Crippen LogP contribution in [-0.2, 0) is 19.5 Å². The van der Waals surface area contributed by atoms with Crippen LogP contribution in [0.1, 0.15) is 38.6 Å². The van der Waals surface area contributed by atoms with Crippen LogP contribution < -0.4 is 15.4 Å². The average molecular weight is 486 g/mol. The maximum absolute atomic E-state index is 5.41. The second-order valence-corrected chi connectivity index (χ2v) is 6.15. The van der Waals surface area contributed by atoms with Gasteiger partial charge in [0.2, 0.25) is 0 Å². The van der Waals surface area contributed by atoms with Crippen LogP contribution in [0, 0.1) is 0 Å². The Morgan fingerprint density at radius 3 is 2.78 bits per heavy atom. The van der Waals surface area contributed by atoms with E-state index in [0.29, 0.717) is 12.6 Å². The van der Waals surface area contributed by atoms with Crippen molar-refractivity contribution in [2.75, 3.05) is 13.7 Å². The lowest BCUT2D eigenvalue weighted by Crippen LogP contribution is -2.43. The Morgan fingerprint density at radius 2 is 2.07 bits per heavy atom. The largest absolute Gasteiger partial charge is 0.496 e. The Kier molecular flexibility index (Phi) is 10.8. The predicted octanol–water partition coefficient (Wildman–Crippen LogP) is 3.00. The first-order valence-corrected chi connectivity index (χ1v) is 9.21. The fourth-order valence-corrected chi connectivity index (χ4v) is 2.52. The summed E-state index contributed by atoms with van der Waals surface area (Å²) < 4.78 is 7.47. The maximum atomic E-state index is 5.41. The van der Waals surface area contributed by atoms with Gasteiger partial charge in [-0.3, -0.25) is 0 Å². The van der Waals surface area contributed by atoms with E-state index in [1.165, 1.54) is 0 Å². The van der Waals surface area contributed by atoms with E-state index < -0.39 is 0 Å². The Hall–Kier alpha value is -1.84. The maximum Gasteiger partial charge on any atom is 0.191 e. The molecule has 1 aromatic carbocycles. The first-order chi connectivity index (χ1) is 12.7. The number of rotatable bonds is 9. The molecule has 0 aliphatic rings. The molecule has 1 unspecified atom stereocenters. The highest BCUT2D eigenvalue weighted by Gasteiger charge is 2.06. The number of methoxy groups -OCH3 is 1. The summed E-state index contributed by atoms with van der Waals surface area (Å²) in [6.45, 7) is 8.49. The van der Waals surface area contributed by atoms with Gasteiger partial charge in [0.1, 0.15) is 17.9 Å². The number of para-hydroxylation sites is 1. The van der Waals surface area contributed by atoms with Crippen LogP contribution in [0.5, 0.6) is 5.75 Å². The van der Waals surface area contributed by atoms with Crippen LogP contribution in [0.2, 0.25) is 0 Å². The van der Waals surface area contributed by atoms with Gasteiger partial charge in [-0.05, 0) is 19.4 Å². The molecule has 0 aliphatic carbocycles. The molecule has 0 radical (unpaired) electrons. The SMILES string of the molecule is CCc1nncn1CCNC(=NCc1ccccc1OC)NC(C)CC.I. The highest BCUT2D eigenvalue weighted by atomic mass is 127. The number of ether oxygens (including phenoxy) is 1. The molecule has 0 saturated heterocycles. The topological polar surface area (TPSA) is 76.4 Å². The summed E-state index contributed by atoms with van der Waals surface area (Å²) in [6, 6.07) is 8.31. The molecule has 0 aliphatic heterocycles. The lowest BCUT2D eigenvalue weighted by Gasteiger charge is -2.17. The molecule has 1 heterocycles. The van der Waals surface area contributed by atoms with Gasteiger partial charge in [-0.25, -0.2) is 4.99 Å². The molecule has 8 heteroatoms. The molecule has 7 nitrogen and oxygen atoms in total. The van der Waals surface area contributed by atoms with E-state index >= 15 is 0 Å². The fraction of sp³-hybridized carbons (Fsp3) is 0.526. The van der Waals surface area contributed by atoms with Crippen LogP contribution in [0.15, 0.2) is 35.6 Å². The lowest BCUT2D eigenvalue weighted by molar-refractivity contribution is 0.410. The smallest absolute Gasteiger partial charge is 0.191 e. The summed E-state index contributed by atoms with van der Waals surface area (Å²) in [5.74, 6) is 2.65. The van der Waals surface area contributed by atoms with Gasteiger partial charge >= 0.3 is 0 Å². The van der Waals surface area contributed by atoms with Crippen LogP contribution in [0.25, 0.3) is 0 Å². The van der Waals surface area contributed by atoms with E-state index in [2.05, 4.69) is 46.2 Å². The van der Waals surface area contributed by atoms with Gasteiger partial charge in [0.25, 0.3) is 0 Å². The molecule has 0 bridgehead atoms. The molecule has 27 heavy (non-hydrogen) atoms. The Bertz CT molecular complexity index is 703. The van der Waals surface area contributed by atoms with Gasteiger partial charge in [0, 0.05) is 31.1 Å². The molecule has 2 N–H and O–H groups in total. The third-order valence-electron chi connectivity index (χ3n) is 4.25. The minimum Gasteiger partial charge on any atom is -0.496 e. The molecule has 0 amide bonds. The van der Waals surface area contributed by atoms with Gasteiger partial charge in [-0.2, -0.15) is 0 Å². The first-order valence-electron chi connectivity index (χ1n) is 9.21. The predicted molar refractivity (Wildman–Crippen MR) is 120 cm³/mol. The van der Waals surface area contributed by atoms with Crippen LogP contribution in [-0.4, -0.2) is 40.4 Å². The zero-order valence-corrected chi connectivity index (χ0v) is 18.9. The van der Waals surface area contributed by atoms with Crippen molar-refractivity contribution in [2.45, 2.75) is 52.7 Å². The number of aryl methyl sites for hydroxylation is 1. The molecule has 0 spiro atoms. The molecule has 1 aromatic heterocycles. The number of aliphatic imine (C=N–C) groups is 1. The Labute approximate surface area is 179 Å². The van der Waals surface area contributed by atoms with Crippen molar-refractivity contribution in [3.63, 3.8) is 0 Å². The summed E-state index contributed by atoms with van der Waals surface area (Å²) in [5, 5.41) is 14.9. The number of nitrogens with one attached hydrogen (secondary N) is 2. The van der Waals surface area contributed by atoms with Gasteiger partial charge in [-0.1, -0.05) is 32.0 Å². The highest BCUT2D eigenvalue weighted by Crippen LogP contribution is 2.17. The number of hydrogen-bond donors (Lipinski definition) is 2. The second kappa shape index (κ2) is 12.5. The molecular formula is C19H31IN6O. The number of hydrogen-bond acceptors (Lipinski definition) is 4. The van der Waals surface area contributed by atoms with Crippen molar-refractivity contribution in [1.82, 2.24) is 25.4 Å². The zero-order valence-electron chi connectivity index (χ0n) is 16.6. The molecule has 1 atom stereocenters. The van der Waals surface area contributed by atoms with Crippen LogP contribution in [0.3, 0.4) is 0 Å². The number of benzene rings is 1. The van der Waals surface area contributed by atoms with Crippen molar-refractivity contribution in [3.05, 3.63) is 42.0 Å². The molecule has 2 rings (SSSR count). The van der Waals surface area contributed by atoms with E-state index in [1.54, 1.807) is 13.4 Å².